The van der Waals surface area contributed by atoms with E-state index in [1.165, 1.54) is 13.8 Å². The SMILES string of the molecule is CC(=O)/C(=C/C=N[C@@H](c1c(C)cc(C)cc1C)[C@@H](N=C/C=C(\CO)C(C)=O)c1c(C)cc(C)cc1C)CO. The topological polar surface area (TPSA) is 99.3 Å². The van der Waals surface area contributed by atoms with Gasteiger partial charge in [0.2, 0.25) is 0 Å². The highest BCUT2D eigenvalue weighted by molar-refractivity contribution is 5.98. The van der Waals surface area contributed by atoms with E-state index in [9.17, 15) is 19.8 Å². The molecule has 0 saturated carbocycles. The van der Waals surface area contributed by atoms with E-state index >= 15 is 0 Å². The molecule has 38 heavy (non-hydrogen) atoms. The van der Waals surface area contributed by atoms with E-state index in [1.54, 1.807) is 24.6 Å². The molecule has 0 heterocycles. The van der Waals surface area contributed by atoms with E-state index < -0.39 is 12.1 Å². The average Bonchev–Trinajstić information content (AvgIpc) is 2.80. The predicted molar refractivity (Wildman–Crippen MR) is 155 cm³/mol. The van der Waals surface area contributed by atoms with Gasteiger partial charge in [-0.2, -0.15) is 0 Å². The summed E-state index contributed by atoms with van der Waals surface area (Å²) in [5.74, 6) is -0.437. The Bertz CT molecular complexity index is 1170. The molecule has 6 heteroatoms. The van der Waals surface area contributed by atoms with Gasteiger partial charge >= 0.3 is 0 Å². The van der Waals surface area contributed by atoms with Crippen LogP contribution in [0.3, 0.4) is 0 Å². The fraction of sp³-hybridized carbons (Fsp3) is 0.375. The number of rotatable bonds is 11. The highest BCUT2D eigenvalue weighted by Crippen LogP contribution is 2.41. The number of benzene rings is 2. The summed E-state index contributed by atoms with van der Waals surface area (Å²) in [7, 11) is 0. The van der Waals surface area contributed by atoms with Gasteiger partial charge in [0.15, 0.2) is 11.6 Å². The number of carbonyl (C=O) groups excluding carboxylic acids is 2. The molecule has 0 aliphatic rings. The van der Waals surface area contributed by atoms with Crippen LogP contribution in [0.4, 0.5) is 0 Å². The summed E-state index contributed by atoms with van der Waals surface area (Å²) >= 11 is 0. The van der Waals surface area contributed by atoms with Gasteiger partial charge < -0.3 is 10.2 Å². The Morgan fingerprint density at radius 1 is 0.658 bits per heavy atom. The summed E-state index contributed by atoms with van der Waals surface area (Å²) in [6.45, 7) is 14.4. The van der Waals surface area contributed by atoms with Crippen molar-refractivity contribution in [2.24, 2.45) is 9.98 Å². The fourth-order valence-electron chi connectivity index (χ4n) is 4.96. The highest BCUT2D eigenvalue weighted by atomic mass is 16.3. The summed E-state index contributed by atoms with van der Waals surface area (Å²) in [6.07, 6.45) is 6.23. The van der Waals surface area contributed by atoms with Gasteiger partial charge in [0, 0.05) is 23.6 Å². The molecule has 2 rings (SSSR count). The lowest BCUT2D eigenvalue weighted by atomic mass is 9.84. The molecule has 2 N–H and O–H groups in total. The number of aliphatic hydroxyl groups excluding tert-OH is 2. The largest absolute Gasteiger partial charge is 0.392 e. The Labute approximate surface area is 226 Å². The van der Waals surface area contributed by atoms with Crippen LogP contribution in [0.5, 0.6) is 0 Å². The van der Waals surface area contributed by atoms with Gasteiger partial charge in [-0.25, -0.2) is 0 Å². The van der Waals surface area contributed by atoms with Crippen molar-refractivity contribution in [3.05, 3.63) is 92.1 Å². The van der Waals surface area contributed by atoms with E-state index in [1.807, 2.05) is 0 Å². The first kappa shape index (κ1) is 30.7. The molecule has 0 amide bonds. The number of allylic oxidation sites excluding steroid dienone is 2. The standard InChI is InChI=1S/C32H40N2O4/c1-19-13-21(3)29(22(4)14-19)31(33-11-9-27(17-35)25(7)37)32(34-12-10-28(18-36)26(8)38)30-23(5)15-20(2)16-24(30)6/h9-16,31-32,35-36H,17-18H2,1-8H3/b27-9+,28-10+,33-11?,34-12?/t31-,32-/m0/s1. The number of aliphatic imine (C=N–C) groups is 2. The van der Waals surface area contributed by atoms with Crippen molar-refractivity contribution >= 4 is 24.0 Å². The van der Waals surface area contributed by atoms with Crippen molar-refractivity contribution in [1.29, 1.82) is 0 Å². The molecule has 2 aromatic rings. The molecule has 0 bridgehead atoms. The second-order valence-corrected chi connectivity index (χ2v) is 9.92. The van der Waals surface area contributed by atoms with Gasteiger partial charge in [0.25, 0.3) is 0 Å². The van der Waals surface area contributed by atoms with E-state index in [0.717, 1.165) is 44.5 Å². The van der Waals surface area contributed by atoms with Crippen LogP contribution in [0.2, 0.25) is 0 Å². The van der Waals surface area contributed by atoms with Gasteiger partial charge in [-0.3, -0.25) is 19.6 Å². The minimum absolute atomic E-state index is 0.219. The second kappa shape index (κ2) is 13.9. The molecular weight excluding hydrogens is 476 g/mol. The molecule has 2 atom stereocenters. The average molecular weight is 517 g/mol. The van der Waals surface area contributed by atoms with E-state index in [-0.39, 0.29) is 35.9 Å². The van der Waals surface area contributed by atoms with Gasteiger partial charge in [-0.15, -0.1) is 0 Å². The molecule has 0 fully saturated rings. The van der Waals surface area contributed by atoms with Crippen molar-refractivity contribution < 1.29 is 19.8 Å². The number of nitrogens with zero attached hydrogens (tertiary/aromatic N) is 2. The predicted octanol–water partition coefficient (Wildman–Crippen LogP) is 5.48. The first-order chi connectivity index (χ1) is 17.9. The summed E-state index contributed by atoms with van der Waals surface area (Å²) in [5, 5.41) is 19.2. The maximum Gasteiger partial charge on any atom is 0.158 e. The summed E-state index contributed by atoms with van der Waals surface area (Å²) < 4.78 is 0. The summed E-state index contributed by atoms with van der Waals surface area (Å²) in [6, 6.07) is 7.54. The smallest absolute Gasteiger partial charge is 0.158 e. The summed E-state index contributed by atoms with van der Waals surface area (Å²) in [4.78, 5) is 33.6. The summed E-state index contributed by atoms with van der Waals surface area (Å²) in [5.41, 5.74) is 9.15. The molecule has 0 unspecified atom stereocenters. The Morgan fingerprint density at radius 2 is 0.947 bits per heavy atom. The lowest BCUT2D eigenvalue weighted by Crippen LogP contribution is -2.14. The molecule has 0 radical (unpaired) electrons. The fourth-order valence-corrected chi connectivity index (χ4v) is 4.96. The Morgan fingerprint density at radius 3 is 1.18 bits per heavy atom. The zero-order chi connectivity index (χ0) is 28.6. The number of ketones is 2. The number of aryl methyl sites for hydroxylation is 6. The van der Waals surface area contributed by atoms with Crippen LogP contribution in [0.25, 0.3) is 0 Å². The zero-order valence-electron chi connectivity index (χ0n) is 23.8. The molecule has 0 aromatic heterocycles. The second-order valence-electron chi connectivity index (χ2n) is 9.92. The number of Topliss-reactive ketones (excluding diaryl/α,β-unsaturated/α-hetero) is 2. The molecule has 6 nitrogen and oxygen atoms in total. The van der Waals surface area contributed by atoms with Crippen LogP contribution >= 0.6 is 0 Å². The third-order valence-electron chi connectivity index (χ3n) is 6.66. The van der Waals surface area contributed by atoms with Gasteiger partial charge in [0.05, 0.1) is 13.2 Å². The van der Waals surface area contributed by atoms with Crippen molar-refractivity contribution in [3.63, 3.8) is 0 Å². The molecule has 0 aliphatic heterocycles. The molecule has 202 valence electrons. The van der Waals surface area contributed by atoms with Gasteiger partial charge in [0.1, 0.15) is 12.1 Å². The third kappa shape index (κ3) is 7.76. The maximum atomic E-state index is 11.9. The lowest BCUT2D eigenvalue weighted by molar-refractivity contribution is -0.114. The molecular formula is C32H40N2O4. The monoisotopic (exact) mass is 516 g/mol. The quantitative estimate of drug-likeness (QED) is 0.305. The first-order valence-electron chi connectivity index (χ1n) is 12.7. The van der Waals surface area contributed by atoms with Crippen LogP contribution in [0, 0.1) is 41.5 Å². The van der Waals surface area contributed by atoms with Crippen LogP contribution in [0.1, 0.15) is 70.4 Å². The van der Waals surface area contributed by atoms with Gasteiger partial charge in [-0.05, 0) is 101 Å². The minimum Gasteiger partial charge on any atom is -0.392 e. The minimum atomic E-state index is -0.460. The van der Waals surface area contributed by atoms with E-state index in [0.29, 0.717) is 0 Å². The Kier molecular flexibility index (Phi) is 11.2. The van der Waals surface area contributed by atoms with Crippen LogP contribution in [-0.4, -0.2) is 47.4 Å². The highest BCUT2D eigenvalue weighted by Gasteiger charge is 2.28. The van der Waals surface area contributed by atoms with Crippen LogP contribution in [0.15, 0.2) is 57.5 Å². The molecule has 0 aliphatic carbocycles. The number of hydrogen-bond acceptors (Lipinski definition) is 6. The van der Waals surface area contributed by atoms with Crippen molar-refractivity contribution in [3.8, 4) is 0 Å². The van der Waals surface area contributed by atoms with Crippen molar-refractivity contribution in [2.45, 2.75) is 67.5 Å². The normalized spacial score (nSPS) is 14.4. The van der Waals surface area contributed by atoms with Gasteiger partial charge in [-0.1, -0.05) is 35.4 Å². The Balaban J connectivity index is 2.88. The lowest BCUT2D eigenvalue weighted by Gasteiger charge is -2.28. The van der Waals surface area contributed by atoms with E-state index in [2.05, 4.69) is 65.8 Å². The number of hydrogen-bond donors (Lipinski definition) is 2. The maximum absolute atomic E-state index is 11.9. The Hall–Kier alpha value is -3.48. The third-order valence-corrected chi connectivity index (χ3v) is 6.66. The van der Waals surface area contributed by atoms with Crippen LogP contribution < -0.4 is 0 Å². The zero-order valence-corrected chi connectivity index (χ0v) is 23.8. The van der Waals surface area contributed by atoms with Crippen molar-refractivity contribution in [2.75, 3.05) is 13.2 Å². The van der Waals surface area contributed by atoms with E-state index in [4.69, 9.17) is 9.98 Å². The first-order valence-corrected chi connectivity index (χ1v) is 12.7. The van der Waals surface area contributed by atoms with Crippen LogP contribution in [-0.2, 0) is 9.59 Å². The molecule has 2 aromatic carbocycles. The molecule has 0 saturated heterocycles. The number of carbonyl (C=O) groups is 2. The van der Waals surface area contributed by atoms with Crippen molar-refractivity contribution in [1.82, 2.24) is 0 Å². The molecule has 0 spiro atoms. The number of aliphatic hydroxyl groups is 2.